The van der Waals surface area contributed by atoms with E-state index in [1.165, 1.54) is 0 Å². The number of aryl methyl sites for hydroxylation is 1. The molecule has 0 amide bonds. The van der Waals surface area contributed by atoms with Crippen LogP contribution in [-0.4, -0.2) is 35.6 Å². The fourth-order valence-electron chi connectivity index (χ4n) is 3.35. The normalized spacial score (nSPS) is 14.2. The van der Waals surface area contributed by atoms with Crippen molar-refractivity contribution in [2.75, 3.05) is 20.8 Å². The van der Waals surface area contributed by atoms with Gasteiger partial charge in [0.1, 0.15) is 5.82 Å². The summed E-state index contributed by atoms with van der Waals surface area (Å²) in [6.07, 6.45) is 2.48. The van der Waals surface area contributed by atoms with E-state index in [-0.39, 0.29) is 5.56 Å². The molecule has 2 heterocycles. The molecule has 0 saturated carbocycles. The number of benzene rings is 1. The minimum absolute atomic E-state index is 0.0204. The maximum Gasteiger partial charge on any atom is 0.254 e. The summed E-state index contributed by atoms with van der Waals surface area (Å²) in [5.41, 5.74) is 2.82. The van der Waals surface area contributed by atoms with E-state index >= 15 is 0 Å². The molecular formula is C19H25N3O3. The van der Waals surface area contributed by atoms with Crippen LogP contribution in [0.4, 0.5) is 0 Å². The molecule has 1 aromatic carbocycles. The molecule has 1 N–H and O–H groups in total. The average molecular weight is 343 g/mol. The molecule has 1 aromatic heterocycles. The van der Waals surface area contributed by atoms with Crippen molar-refractivity contribution >= 4 is 0 Å². The summed E-state index contributed by atoms with van der Waals surface area (Å²) in [7, 11) is 3.30. The molecule has 25 heavy (non-hydrogen) atoms. The predicted octanol–water partition coefficient (Wildman–Crippen LogP) is 2.30. The number of rotatable bonds is 6. The van der Waals surface area contributed by atoms with Gasteiger partial charge in [-0.1, -0.05) is 19.1 Å². The van der Waals surface area contributed by atoms with Crippen LogP contribution in [-0.2, 0) is 25.9 Å². The highest BCUT2D eigenvalue weighted by molar-refractivity contribution is 5.46. The van der Waals surface area contributed by atoms with Crippen LogP contribution in [0.1, 0.15) is 36.0 Å². The highest BCUT2D eigenvalue weighted by Crippen LogP contribution is 2.32. The Balaban J connectivity index is 1.83. The second-order valence-electron chi connectivity index (χ2n) is 6.30. The van der Waals surface area contributed by atoms with Crippen molar-refractivity contribution in [3.63, 3.8) is 0 Å². The van der Waals surface area contributed by atoms with Gasteiger partial charge in [0.15, 0.2) is 11.5 Å². The van der Waals surface area contributed by atoms with Crippen molar-refractivity contribution in [3.8, 4) is 11.5 Å². The van der Waals surface area contributed by atoms with Crippen molar-refractivity contribution in [2.45, 2.75) is 39.3 Å². The van der Waals surface area contributed by atoms with E-state index in [4.69, 9.17) is 9.47 Å². The molecule has 6 heteroatoms. The second-order valence-corrected chi connectivity index (χ2v) is 6.30. The summed E-state index contributed by atoms with van der Waals surface area (Å²) < 4.78 is 10.9. The van der Waals surface area contributed by atoms with E-state index in [2.05, 4.69) is 21.8 Å². The lowest BCUT2D eigenvalue weighted by Crippen LogP contribution is -2.35. The number of hydrogen-bond donors (Lipinski definition) is 1. The Labute approximate surface area is 147 Å². The van der Waals surface area contributed by atoms with E-state index in [0.29, 0.717) is 6.54 Å². The summed E-state index contributed by atoms with van der Waals surface area (Å²) in [4.78, 5) is 22.1. The van der Waals surface area contributed by atoms with Gasteiger partial charge in [0, 0.05) is 37.2 Å². The first-order valence-electron chi connectivity index (χ1n) is 8.69. The van der Waals surface area contributed by atoms with Crippen LogP contribution in [0.3, 0.4) is 0 Å². The number of ether oxygens (including phenoxy) is 2. The largest absolute Gasteiger partial charge is 0.493 e. The topological polar surface area (TPSA) is 67.5 Å². The van der Waals surface area contributed by atoms with E-state index in [0.717, 1.165) is 66.5 Å². The number of aromatic nitrogens is 2. The molecule has 0 unspecified atom stereocenters. The van der Waals surface area contributed by atoms with Gasteiger partial charge in [0.05, 0.1) is 19.9 Å². The van der Waals surface area contributed by atoms with Crippen LogP contribution in [0, 0.1) is 0 Å². The quantitative estimate of drug-likeness (QED) is 0.872. The zero-order chi connectivity index (χ0) is 17.8. The number of nitrogens with one attached hydrogen (secondary N) is 1. The van der Waals surface area contributed by atoms with Gasteiger partial charge in [-0.15, -0.1) is 0 Å². The summed E-state index contributed by atoms with van der Waals surface area (Å²) in [5, 5.41) is 0. The van der Waals surface area contributed by atoms with Crippen molar-refractivity contribution in [2.24, 2.45) is 0 Å². The second kappa shape index (κ2) is 7.70. The Morgan fingerprint density at radius 1 is 1.28 bits per heavy atom. The lowest BCUT2D eigenvalue weighted by atomic mass is 10.0. The maximum absolute atomic E-state index is 12.3. The summed E-state index contributed by atoms with van der Waals surface area (Å²) in [6.45, 7) is 4.32. The molecule has 0 atom stereocenters. The lowest BCUT2D eigenvalue weighted by Gasteiger charge is -2.28. The monoisotopic (exact) mass is 343 g/mol. The van der Waals surface area contributed by atoms with E-state index in [1.807, 2.05) is 18.2 Å². The van der Waals surface area contributed by atoms with Crippen molar-refractivity contribution in [3.05, 3.63) is 51.2 Å². The van der Waals surface area contributed by atoms with Gasteiger partial charge < -0.3 is 14.5 Å². The van der Waals surface area contributed by atoms with Crippen LogP contribution < -0.4 is 15.0 Å². The third-order valence-corrected chi connectivity index (χ3v) is 4.57. The summed E-state index contributed by atoms with van der Waals surface area (Å²) in [5.74, 6) is 2.28. The Morgan fingerprint density at radius 3 is 2.84 bits per heavy atom. The fraction of sp³-hybridized carbons (Fsp3) is 0.474. The zero-order valence-electron chi connectivity index (χ0n) is 15.1. The van der Waals surface area contributed by atoms with Gasteiger partial charge in [0.25, 0.3) is 5.56 Å². The first-order chi connectivity index (χ1) is 12.2. The molecule has 6 nitrogen and oxygen atoms in total. The maximum atomic E-state index is 12.3. The molecule has 0 radical (unpaired) electrons. The van der Waals surface area contributed by atoms with Crippen molar-refractivity contribution in [1.29, 1.82) is 0 Å². The highest BCUT2D eigenvalue weighted by atomic mass is 16.5. The molecule has 0 fully saturated rings. The van der Waals surface area contributed by atoms with Crippen molar-refractivity contribution < 1.29 is 9.47 Å². The first-order valence-corrected chi connectivity index (χ1v) is 8.69. The average Bonchev–Trinajstić information content (AvgIpc) is 2.61. The summed E-state index contributed by atoms with van der Waals surface area (Å²) >= 11 is 0. The zero-order valence-corrected chi connectivity index (χ0v) is 15.1. The van der Waals surface area contributed by atoms with E-state index < -0.39 is 0 Å². The van der Waals surface area contributed by atoms with E-state index in [1.54, 1.807) is 14.2 Å². The van der Waals surface area contributed by atoms with Gasteiger partial charge >= 0.3 is 0 Å². The van der Waals surface area contributed by atoms with Crippen LogP contribution >= 0.6 is 0 Å². The van der Waals surface area contributed by atoms with Crippen LogP contribution in [0.25, 0.3) is 0 Å². The highest BCUT2D eigenvalue weighted by Gasteiger charge is 2.22. The Bertz CT molecular complexity index is 801. The number of methoxy groups -OCH3 is 2. The lowest BCUT2D eigenvalue weighted by molar-refractivity contribution is 0.235. The smallest absolute Gasteiger partial charge is 0.254 e. The van der Waals surface area contributed by atoms with Gasteiger partial charge in [-0.05, 0) is 18.9 Å². The number of fused-ring (bicyclic) bond motifs is 1. The predicted molar refractivity (Wildman–Crippen MR) is 96.2 cm³/mol. The van der Waals surface area contributed by atoms with E-state index in [9.17, 15) is 4.79 Å². The molecule has 0 bridgehead atoms. The van der Waals surface area contributed by atoms with Gasteiger partial charge in [-0.25, -0.2) is 4.98 Å². The molecule has 3 rings (SSSR count). The van der Waals surface area contributed by atoms with Gasteiger partial charge in [-0.2, -0.15) is 0 Å². The number of para-hydroxylation sites is 1. The Morgan fingerprint density at radius 2 is 2.12 bits per heavy atom. The minimum atomic E-state index is 0.0204. The van der Waals surface area contributed by atoms with Gasteiger partial charge in [-0.3, -0.25) is 9.69 Å². The third-order valence-electron chi connectivity index (χ3n) is 4.57. The molecule has 1 aliphatic heterocycles. The molecule has 0 saturated heterocycles. The third kappa shape index (κ3) is 3.69. The van der Waals surface area contributed by atoms with Crippen LogP contribution in [0.15, 0.2) is 23.0 Å². The molecule has 2 aromatic rings. The van der Waals surface area contributed by atoms with Crippen LogP contribution in [0.2, 0.25) is 0 Å². The SMILES string of the molecule is CCCc1nc2c(c(=O)[nH]1)CCN(Cc1cccc(OC)c1OC)C2. The Kier molecular flexibility index (Phi) is 5.38. The minimum Gasteiger partial charge on any atom is -0.493 e. The standard InChI is InChI=1S/C19H25N3O3/c1-4-6-17-20-15-12-22(10-9-14(15)19(23)21-17)11-13-7-5-8-16(24-2)18(13)25-3/h5,7-8H,4,6,9-12H2,1-3H3,(H,20,21,23). The molecule has 1 aliphatic rings. The molecular weight excluding hydrogens is 318 g/mol. The first kappa shape index (κ1) is 17.5. The van der Waals surface area contributed by atoms with Crippen LogP contribution in [0.5, 0.6) is 11.5 Å². The molecule has 0 spiro atoms. The molecule has 134 valence electrons. The summed E-state index contributed by atoms with van der Waals surface area (Å²) in [6, 6.07) is 5.91. The Hall–Kier alpha value is -2.34. The van der Waals surface area contributed by atoms with Gasteiger partial charge in [0.2, 0.25) is 0 Å². The molecule has 0 aliphatic carbocycles. The number of nitrogens with zero attached hydrogens (tertiary/aromatic N) is 2. The number of hydrogen-bond acceptors (Lipinski definition) is 5. The van der Waals surface area contributed by atoms with Crippen molar-refractivity contribution in [1.82, 2.24) is 14.9 Å². The fourth-order valence-corrected chi connectivity index (χ4v) is 3.35. The number of H-pyrrole nitrogens is 1. The number of aromatic amines is 1.